The van der Waals surface area contributed by atoms with Crippen LogP contribution in [-0.4, -0.2) is 10.8 Å². The molecule has 0 unspecified atom stereocenters. The first kappa shape index (κ1) is 28.1. The SMILES string of the molecule is C=C1/C=C\C(c2ccc3c4ccccc4n(/C(C=N)=C/C)c3c2)=C/Cc2ccccc2N1c1ccc(C)c(-c2ccccc2)c1. The fraction of sp³-hybridized carbons (Fsp3) is 0.0714. The third-order valence-electron chi connectivity index (χ3n) is 8.79. The number of benzene rings is 5. The Kier molecular flexibility index (Phi) is 7.36. The number of aryl methyl sites for hydroxylation is 1. The fourth-order valence-electron chi connectivity index (χ4n) is 6.51. The number of nitrogens with one attached hydrogen (secondary N) is 1. The highest BCUT2D eigenvalue weighted by atomic mass is 15.1. The molecule has 6 aromatic rings. The Balaban J connectivity index is 1.35. The minimum atomic E-state index is 0.776. The maximum atomic E-state index is 8.12. The van der Waals surface area contributed by atoms with E-state index in [1.807, 2.05) is 13.0 Å². The molecular weight excluding hydrogens is 546 g/mol. The van der Waals surface area contributed by atoms with E-state index in [-0.39, 0.29) is 0 Å². The van der Waals surface area contributed by atoms with E-state index in [1.165, 1.54) is 39.2 Å². The second-order valence-corrected chi connectivity index (χ2v) is 11.5. The van der Waals surface area contributed by atoms with Gasteiger partial charge in [0, 0.05) is 34.1 Å². The van der Waals surface area contributed by atoms with Crippen LogP contribution in [0.15, 0.2) is 152 Å². The molecule has 1 aliphatic heterocycles. The minimum absolute atomic E-state index is 0.776. The van der Waals surface area contributed by atoms with Gasteiger partial charge in [-0.1, -0.05) is 110 Å². The van der Waals surface area contributed by atoms with Crippen LogP contribution in [0.25, 0.3) is 44.2 Å². The third kappa shape index (κ3) is 5.03. The Bertz CT molecular complexity index is 2190. The van der Waals surface area contributed by atoms with Crippen molar-refractivity contribution in [1.29, 1.82) is 5.41 Å². The highest BCUT2D eigenvalue weighted by Gasteiger charge is 2.19. The Morgan fingerprint density at radius 2 is 1.51 bits per heavy atom. The average molecular weight is 582 g/mol. The Labute approximate surface area is 264 Å². The molecule has 2 heterocycles. The van der Waals surface area contributed by atoms with Crippen LogP contribution in [0.5, 0.6) is 0 Å². The van der Waals surface area contributed by atoms with E-state index in [9.17, 15) is 0 Å². The lowest BCUT2D eigenvalue weighted by molar-refractivity contribution is 1.16. The van der Waals surface area contributed by atoms with Gasteiger partial charge in [-0.15, -0.1) is 0 Å². The lowest BCUT2D eigenvalue weighted by Gasteiger charge is -2.28. The van der Waals surface area contributed by atoms with E-state index in [2.05, 4.69) is 156 Å². The van der Waals surface area contributed by atoms with Crippen LogP contribution in [-0.2, 0) is 6.42 Å². The van der Waals surface area contributed by atoms with Crippen molar-refractivity contribution >= 4 is 50.7 Å². The highest BCUT2D eigenvalue weighted by molar-refractivity contribution is 6.15. The predicted octanol–water partition coefficient (Wildman–Crippen LogP) is 11.1. The predicted molar refractivity (Wildman–Crippen MR) is 193 cm³/mol. The zero-order valence-electron chi connectivity index (χ0n) is 25.7. The third-order valence-corrected chi connectivity index (χ3v) is 8.79. The summed E-state index contributed by atoms with van der Waals surface area (Å²) in [5, 5.41) is 10.5. The maximum absolute atomic E-state index is 8.12. The van der Waals surface area contributed by atoms with E-state index in [1.54, 1.807) is 0 Å². The summed E-state index contributed by atoms with van der Waals surface area (Å²) in [7, 11) is 0. The van der Waals surface area contributed by atoms with Crippen molar-refractivity contribution in [1.82, 2.24) is 4.57 Å². The van der Waals surface area contributed by atoms with Crippen molar-refractivity contribution in [3.8, 4) is 11.1 Å². The number of nitrogens with zero attached hydrogens (tertiary/aromatic N) is 2. The largest absolute Gasteiger partial charge is 0.311 e. The summed E-state index contributed by atoms with van der Waals surface area (Å²) in [6.07, 6.45) is 10.8. The van der Waals surface area contributed by atoms with Gasteiger partial charge in [0.25, 0.3) is 0 Å². The molecule has 0 saturated carbocycles. The van der Waals surface area contributed by atoms with Crippen LogP contribution >= 0.6 is 0 Å². The van der Waals surface area contributed by atoms with Gasteiger partial charge in [-0.05, 0) is 90.1 Å². The van der Waals surface area contributed by atoms with Crippen LogP contribution in [0.2, 0.25) is 0 Å². The minimum Gasteiger partial charge on any atom is -0.311 e. The van der Waals surface area contributed by atoms with E-state index >= 15 is 0 Å². The summed E-state index contributed by atoms with van der Waals surface area (Å²) in [6.45, 7) is 8.73. The lowest BCUT2D eigenvalue weighted by Crippen LogP contribution is -2.16. The van der Waals surface area contributed by atoms with Crippen LogP contribution in [0.4, 0.5) is 11.4 Å². The topological polar surface area (TPSA) is 32.0 Å². The first-order valence-electron chi connectivity index (χ1n) is 15.4. The van der Waals surface area contributed by atoms with Gasteiger partial charge >= 0.3 is 0 Å². The lowest BCUT2D eigenvalue weighted by atomic mass is 9.99. The van der Waals surface area contributed by atoms with Crippen molar-refractivity contribution in [2.45, 2.75) is 20.3 Å². The molecule has 1 aliphatic rings. The maximum Gasteiger partial charge on any atom is 0.0595 e. The molecule has 0 bridgehead atoms. The molecule has 0 atom stereocenters. The first-order chi connectivity index (χ1) is 22.1. The Morgan fingerprint density at radius 3 is 2.33 bits per heavy atom. The highest BCUT2D eigenvalue weighted by Crippen LogP contribution is 2.39. The fourth-order valence-corrected chi connectivity index (χ4v) is 6.51. The van der Waals surface area contributed by atoms with Gasteiger partial charge < -0.3 is 14.9 Å². The molecule has 0 saturated heterocycles. The zero-order valence-corrected chi connectivity index (χ0v) is 25.7. The quantitative estimate of drug-likeness (QED) is 0.202. The van der Waals surface area contributed by atoms with Crippen molar-refractivity contribution < 1.29 is 0 Å². The summed E-state index contributed by atoms with van der Waals surface area (Å²) in [6, 6.07) is 41.0. The summed E-state index contributed by atoms with van der Waals surface area (Å²) in [4.78, 5) is 2.28. The number of anilines is 2. The second kappa shape index (κ2) is 11.8. The van der Waals surface area contributed by atoms with Gasteiger partial charge in [0.1, 0.15) is 0 Å². The van der Waals surface area contributed by atoms with Gasteiger partial charge in [-0.3, -0.25) is 0 Å². The molecule has 3 heteroatoms. The average Bonchev–Trinajstić information content (AvgIpc) is 3.43. The van der Waals surface area contributed by atoms with Crippen molar-refractivity contribution in [2.24, 2.45) is 0 Å². The van der Waals surface area contributed by atoms with Gasteiger partial charge in [-0.25, -0.2) is 0 Å². The molecule has 7 rings (SSSR count). The zero-order chi connectivity index (χ0) is 30.9. The molecule has 0 fully saturated rings. The van der Waals surface area contributed by atoms with E-state index in [4.69, 9.17) is 5.41 Å². The van der Waals surface area contributed by atoms with E-state index in [0.29, 0.717) is 0 Å². The van der Waals surface area contributed by atoms with Gasteiger partial charge in [0.15, 0.2) is 0 Å². The Hall–Kier alpha value is -5.67. The molecule has 0 aliphatic carbocycles. The number of fused-ring (bicyclic) bond motifs is 4. The molecule has 0 spiro atoms. The summed E-state index contributed by atoms with van der Waals surface area (Å²) in [5.74, 6) is 0. The number of allylic oxidation sites excluding steroid dienone is 6. The number of aromatic nitrogens is 1. The van der Waals surface area contributed by atoms with E-state index < -0.39 is 0 Å². The van der Waals surface area contributed by atoms with Crippen LogP contribution in [0.3, 0.4) is 0 Å². The molecular formula is C42H35N3. The second-order valence-electron chi connectivity index (χ2n) is 11.5. The molecule has 0 amide bonds. The first-order valence-corrected chi connectivity index (χ1v) is 15.4. The monoisotopic (exact) mass is 581 g/mol. The molecule has 218 valence electrons. The normalized spacial score (nSPS) is 15.6. The summed E-state index contributed by atoms with van der Waals surface area (Å²) < 4.78 is 2.19. The smallest absolute Gasteiger partial charge is 0.0595 e. The molecule has 1 N–H and O–H groups in total. The molecule has 0 radical (unpaired) electrons. The van der Waals surface area contributed by atoms with Crippen LogP contribution in [0.1, 0.15) is 23.6 Å². The molecule has 45 heavy (non-hydrogen) atoms. The van der Waals surface area contributed by atoms with Gasteiger partial charge in [-0.2, -0.15) is 0 Å². The van der Waals surface area contributed by atoms with Gasteiger partial charge in [0.05, 0.1) is 16.7 Å². The van der Waals surface area contributed by atoms with Gasteiger partial charge in [0.2, 0.25) is 0 Å². The number of hydrogen-bond donors (Lipinski definition) is 1. The van der Waals surface area contributed by atoms with Crippen LogP contribution in [0, 0.1) is 12.3 Å². The van der Waals surface area contributed by atoms with Crippen LogP contribution < -0.4 is 4.90 Å². The number of rotatable bonds is 5. The van der Waals surface area contributed by atoms with Crippen molar-refractivity contribution in [3.63, 3.8) is 0 Å². The molecule has 5 aromatic carbocycles. The molecule has 3 nitrogen and oxygen atoms in total. The number of hydrogen-bond acceptors (Lipinski definition) is 2. The summed E-state index contributed by atoms with van der Waals surface area (Å²) in [5.41, 5.74) is 13.3. The summed E-state index contributed by atoms with van der Waals surface area (Å²) >= 11 is 0. The van der Waals surface area contributed by atoms with E-state index in [0.717, 1.165) is 51.4 Å². The standard InChI is InChI=1S/C42H35N3/c1-4-35(28-43)45-41-17-11-9-15-37(41)38-25-23-34(26-42(38)45)31-20-19-30(3)44(40-16-10-8-14-33(40)22-21-31)36-24-18-29(2)39(27-36)32-12-6-5-7-13-32/h4-21,23-28,43H,3,22H2,1-2H3/b20-19-,31-21+,35-4+,43-28?. The van der Waals surface area contributed by atoms with Crippen molar-refractivity contribution in [3.05, 3.63) is 169 Å². The Morgan fingerprint density at radius 1 is 0.756 bits per heavy atom. The molecule has 1 aromatic heterocycles. The number of para-hydroxylation sites is 2. The van der Waals surface area contributed by atoms with Crippen molar-refractivity contribution in [2.75, 3.05) is 4.90 Å².